The lowest BCUT2D eigenvalue weighted by molar-refractivity contribution is -0.384. The van der Waals surface area contributed by atoms with Crippen LogP contribution in [0.1, 0.15) is 33.4 Å². The largest absolute Gasteiger partial charge is 0.480 e. The van der Waals surface area contributed by atoms with Crippen molar-refractivity contribution in [3.05, 3.63) is 40.1 Å². The van der Waals surface area contributed by atoms with Crippen LogP contribution in [-0.2, 0) is 15.9 Å². The summed E-state index contributed by atoms with van der Waals surface area (Å²) in [6, 6.07) is 6.25. The first kappa shape index (κ1) is 19.9. The summed E-state index contributed by atoms with van der Waals surface area (Å²) in [6.07, 6.45) is 0.544. The molecule has 1 aromatic heterocycles. The molecule has 0 saturated carbocycles. The Bertz CT molecular complexity index is 916. The quantitative estimate of drug-likeness (QED) is 0.601. The van der Waals surface area contributed by atoms with Crippen molar-refractivity contribution < 1.29 is 14.4 Å². The van der Waals surface area contributed by atoms with E-state index in [-0.39, 0.29) is 23.7 Å². The van der Waals surface area contributed by atoms with Crippen molar-refractivity contribution in [2.75, 3.05) is 13.2 Å². The van der Waals surface area contributed by atoms with Crippen LogP contribution in [0.15, 0.2) is 34.3 Å². The fourth-order valence-corrected chi connectivity index (χ4v) is 3.29. The van der Waals surface area contributed by atoms with Crippen LogP contribution in [-0.4, -0.2) is 47.0 Å². The van der Waals surface area contributed by atoms with Gasteiger partial charge >= 0.3 is 0 Å². The van der Waals surface area contributed by atoms with Crippen LogP contribution in [0.4, 0.5) is 5.69 Å². The zero-order valence-electron chi connectivity index (χ0n) is 16.6. The van der Waals surface area contributed by atoms with Gasteiger partial charge in [0.05, 0.1) is 18.1 Å². The second-order valence-corrected chi connectivity index (χ2v) is 7.03. The summed E-state index contributed by atoms with van der Waals surface area (Å²) in [6.45, 7) is 9.06. The highest BCUT2D eigenvalue weighted by Gasteiger charge is 2.31. The number of nitrogens with zero attached hydrogens (tertiary/aromatic N) is 3. The highest BCUT2D eigenvalue weighted by Crippen LogP contribution is 2.24. The summed E-state index contributed by atoms with van der Waals surface area (Å²) in [5, 5.41) is 11.8. The molecule has 8 heteroatoms. The number of nitrogens with one attached hydrogen (secondary N) is 1. The van der Waals surface area contributed by atoms with E-state index in [2.05, 4.69) is 18.8 Å². The lowest BCUT2D eigenvalue weighted by atomic mass is 10.0. The highest BCUT2D eigenvalue weighted by atomic mass is 16.6. The minimum atomic E-state index is -0.391. The number of ether oxygens (including phenoxy) is 2. The molecule has 3 rings (SSSR count). The zero-order valence-corrected chi connectivity index (χ0v) is 16.6. The number of nitro groups is 1. The van der Waals surface area contributed by atoms with E-state index >= 15 is 0 Å². The van der Waals surface area contributed by atoms with Crippen molar-refractivity contribution in [3.8, 4) is 0 Å². The standard InChI is InChI=1S/C20H26N4O4/c1-5-27-19-17(22-20(28-6-2)18(23-19)12(3)4)11-14-9-13-10-15(24(25)26)7-8-16(13)21-14/h7-10,12,17-18,21H,5-6,11H2,1-4H3/t17-,18+/m0/s1. The van der Waals surface area contributed by atoms with Gasteiger partial charge in [-0.25, -0.2) is 9.98 Å². The van der Waals surface area contributed by atoms with Gasteiger partial charge in [-0.3, -0.25) is 10.1 Å². The number of fused-ring (bicyclic) bond motifs is 1. The molecule has 0 radical (unpaired) electrons. The Balaban J connectivity index is 1.90. The molecule has 1 aliphatic heterocycles. The minimum Gasteiger partial charge on any atom is -0.480 e. The third kappa shape index (κ3) is 4.16. The van der Waals surface area contributed by atoms with Crippen molar-refractivity contribution in [3.63, 3.8) is 0 Å². The Morgan fingerprint density at radius 3 is 2.50 bits per heavy atom. The van der Waals surface area contributed by atoms with Crippen LogP contribution in [0.25, 0.3) is 10.9 Å². The molecule has 0 aliphatic carbocycles. The van der Waals surface area contributed by atoms with E-state index < -0.39 is 4.92 Å². The zero-order chi connectivity index (χ0) is 20.3. The molecule has 1 aliphatic rings. The second kappa shape index (κ2) is 8.41. The Labute approximate surface area is 163 Å². The summed E-state index contributed by atoms with van der Waals surface area (Å²) in [4.78, 5) is 23.5. The maximum Gasteiger partial charge on any atom is 0.270 e. The van der Waals surface area contributed by atoms with Crippen LogP contribution < -0.4 is 0 Å². The van der Waals surface area contributed by atoms with Gasteiger partial charge in [0.15, 0.2) is 0 Å². The Morgan fingerprint density at radius 2 is 1.86 bits per heavy atom. The number of non-ortho nitro benzene ring substituents is 1. The fraction of sp³-hybridized carbons (Fsp3) is 0.500. The van der Waals surface area contributed by atoms with Crippen molar-refractivity contribution in [1.29, 1.82) is 0 Å². The van der Waals surface area contributed by atoms with Gasteiger partial charge in [-0.1, -0.05) is 13.8 Å². The third-order valence-corrected chi connectivity index (χ3v) is 4.59. The number of H-pyrrole nitrogens is 1. The summed E-state index contributed by atoms with van der Waals surface area (Å²) >= 11 is 0. The van der Waals surface area contributed by atoms with Crippen LogP contribution in [0.3, 0.4) is 0 Å². The van der Waals surface area contributed by atoms with Crippen LogP contribution in [0.5, 0.6) is 0 Å². The van der Waals surface area contributed by atoms with Gasteiger partial charge in [-0.15, -0.1) is 0 Å². The smallest absolute Gasteiger partial charge is 0.270 e. The van der Waals surface area contributed by atoms with E-state index in [0.29, 0.717) is 31.4 Å². The number of rotatable bonds is 6. The van der Waals surface area contributed by atoms with Crippen LogP contribution >= 0.6 is 0 Å². The number of aromatic nitrogens is 1. The van der Waals surface area contributed by atoms with Crippen molar-refractivity contribution >= 4 is 28.4 Å². The predicted molar refractivity (Wildman–Crippen MR) is 109 cm³/mol. The number of aliphatic imine (C=N–C) groups is 2. The Kier molecular flexibility index (Phi) is 5.96. The van der Waals surface area contributed by atoms with Crippen molar-refractivity contribution in [2.24, 2.45) is 15.9 Å². The second-order valence-electron chi connectivity index (χ2n) is 7.03. The number of aromatic amines is 1. The number of nitro benzene ring substituents is 1. The van der Waals surface area contributed by atoms with Gasteiger partial charge in [-0.05, 0) is 31.9 Å². The van der Waals surface area contributed by atoms with E-state index in [1.165, 1.54) is 6.07 Å². The van der Waals surface area contributed by atoms with Gasteiger partial charge in [0.25, 0.3) is 5.69 Å². The van der Waals surface area contributed by atoms with Crippen molar-refractivity contribution in [2.45, 2.75) is 46.2 Å². The fourth-order valence-electron chi connectivity index (χ4n) is 3.29. The average molecular weight is 386 g/mol. The first-order chi connectivity index (χ1) is 13.4. The van der Waals surface area contributed by atoms with Gasteiger partial charge in [0.1, 0.15) is 12.1 Å². The Hall–Kier alpha value is -2.90. The van der Waals surface area contributed by atoms with E-state index in [0.717, 1.165) is 16.6 Å². The third-order valence-electron chi connectivity index (χ3n) is 4.59. The molecule has 0 fully saturated rings. The summed E-state index contributed by atoms with van der Waals surface area (Å²) in [5.41, 5.74) is 1.83. The first-order valence-electron chi connectivity index (χ1n) is 9.59. The molecule has 1 aromatic carbocycles. The molecule has 2 aromatic rings. The van der Waals surface area contributed by atoms with Crippen molar-refractivity contribution in [1.82, 2.24) is 4.98 Å². The van der Waals surface area contributed by atoms with E-state index in [1.54, 1.807) is 12.1 Å². The predicted octanol–water partition coefficient (Wildman–Crippen LogP) is 3.90. The molecular formula is C20H26N4O4. The molecule has 2 atom stereocenters. The van der Waals surface area contributed by atoms with E-state index in [1.807, 2.05) is 19.9 Å². The molecule has 8 nitrogen and oxygen atoms in total. The number of hydrogen-bond donors (Lipinski definition) is 1. The van der Waals surface area contributed by atoms with Crippen LogP contribution in [0, 0.1) is 16.0 Å². The number of benzene rings is 1. The SMILES string of the molecule is CCOC1=N[C@H](C(C)C)C(OCC)=N[C@H]1Cc1cc2cc([N+](=O)[O-])ccc2[nH]1. The summed E-state index contributed by atoms with van der Waals surface area (Å²) in [7, 11) is 0. The number of hydrogen-bond acceptors (Lipinski definition) is 6. The molecular weight excluding hydrogens is 360 g/mol. The first-order valence-corrected chi connectivity index (χ1v) is 9.59. The molecule has 0 unspecified atom stereocenters. The Morgan fingerprint density at radius 1 is 1.14 bits per heavy atom. The summed E-state index contributed by atoms with van der Waals surface area (Å²) in [5.74, 6) is 1.49. The maximum atomic E-state index is 11.0. The monoisotopic (exact) mass is 386 g/mol. The summed E-state index contributed by atoms with van der Waals surface area (Å²) < 4.78 is 11.5. The van der Waals surface area contributed by atoms with E-state index in [4.69, 9.17) is 19.5 Å². The highest BCUT2D eigenvalue weighted by molar-refractivity contribution is 5.94. The lowest BCUT2D eigenvalue weighted by Gasteiger charge is -2.28. The average Bonchev–Trinajstić information content (AvgIpc) is 3.05. The molecule has 0 spiro atoms. The van der Waals surface area contributed by atoms with Gasteiger partial charge < -0.3 is 14.5 Å². The van der Waals surface area contributed by atoms with Crippen LogP contribution in [0.2, 0.25) is 0 Å². The molecule has 0 amide bonds. The van der Waals surface area contributed by atoms with Gasteiger partial charge in [0.2, 0.25) is 11.8 Å². The molecule has 0 bridgehead atoms. The normalized spacial score (nSPS) is 19.5. The molecule has 28 heavy (non-hydrogen) atoms. The molecule has 1 N–H and O–H groups in total. The van der Waals surface area contributed by atoms with Gasteiger partial charge in [0, 0.05) is 35.2 Å². The molecule has 150 valence electrons. The minimum absolute atomic E-state index is 0.0729. The molecule has 0 saturated heterocycles. The lowest BCUT2D eigenvalue weighted by Crippen LogP contribution is -2.39. The molecule has 2 heterocycles. The topological polar surface area (TPSA) is 102 Å². The van der Waals surface area contributed by atoms with Gasteiger partial charge in [-0.2, -0.15) is 0 Å². The van der Waals surface area contributed by atoms with E-state index in [9.17, 15) is 10.1 Å². The maximum absolute atomic E-state index is 11.0.